The van der Waals surface area contributed by atoms with Gasteiger partial charge in [0.05, 0.1) is 5.41 Å². The standard InChI is InChI=1S/C15H25NO3/c1-10(2)8-12(5)13(17)16-7-6-15(9-16,11(3)4)14(18)19/h11-12H,1,6-9H2,2-5H3,(H,18,19). The van der Waals surface area contributed by atoms with Crippen LogP contribution in [0.4, 0.5) is 0 Å². The molecule has 1 saturated heterocycles. The lowest BCUT2D eigenvalue weighted by Gasteiger charge is -2.29. The van der Waals surface area contributed by atoms with Crippen LogP contribution in [0.2, 0.25) is 0 Å². The van der Waals surface area contributed by atoms with Crippen LogP contribution in [0.15, 0.2) is 12.2 Å². The molecule has 0 aliphatic carbocycles. The molecule has 2 atom stereocenters. The Kier molecular flexibility index (Phi) is 4.77. The van der Waals surface area contributed by atoms with Gasteiger partial charge in [0.2, 0.25) is 5.91 Å². The molecule has 1 heterocycles. The SMILES string of the molecule is C=C(C)CC(C)C(=O)N1CCC(C(=O)O)(C(C)C)C1. The van der Waals surface area contributed by atoms with Crippen molar-refractivity contribution < 1.29 is 14.7 Å². The molecular formula is C15H25NO3. The summed E-state index contributed by atoms with van der Waals surface area (Å²) < 4.78 is 0. The van der Waals surface area contributed by atoms with Crippen LogP contribution in [-0.4, -0.2) is 35.0 Å². The van der Waals surface area contributed by atoms with Crippen molar-refractivity contribution in [2.24, 2.45) is 17.3 Å². The topological polar surface area (TPSA) is 57.6 Å². The predicted molar refractivity (Wildman–Crippen MR) is 74.7 cm³/mol. The Hall–Kier alpha value is -1.32. The number of carbonyl (C=O) groups is 2. The highest BCUT2D eigenvalue weighted by molar-refractivity contribution is 5.82. The second-order valence-electron chi connectivity index (χ2n) is 6.19. The first-order chi connectivity index (χ1) is 8.70. The monoisotopic (exact) mass is 267 g/mol. The van der Waals surface area contributed by atoms with E-state index in [9.17, 15) is 14.7 Å². The highest BCUT2D eigenvalue weighted by Gasteiger charge is 2.48. The van der Waals surface area contributed by atoms with E-state index < -0.39 is 11.4 Å². The molecule has 1 fully saturated rings. The maximum absolute atomic E-state index is 12.3. The molecule has 0 radical (unpaired) electrons. The summed E-state index contributed by atoms with van der Waals surface area (Å²) in [6.45, 7) is 12.3. The molecule has 4 heteroatoms. The van der Waals surface area contributed by atoms with Crippen molar-refractivity contribution in [3.8, 4) is 0 Å². The van der Waals surface area contributed by atoms with Crippen LogP contribution < -0.4 is 0 Å². The van der Waals surface area contributed by atoms with E-state index in [4.69, 9.17) is 0 Å². The van der Waals surface area contributed by atoms with Gasteiger partial charge in [0.15, 0.2) is 0 Å². The second-order valence-corrected chi connectivity index (χ2v) is 6.19. The summed E-state index contributed by atoms with van der Waals surface area (Å²) in [7, 11) is 0. The van der Waals surface area contributed by atoms with Crippen LogP contribution in [-0.2, 0) is 9.59 Å². The van der Waals surface area contributed by atoms with Gasteiger partial charge in [-0.3, -0.25) is 9.59 Å². The maximum atomic E-state index is 12.3. The first kappa shape index (κ1) is 15.7. The number of hydrogen-bond donors (Lipinski definition) is 1. The van der Waals surface area contributed by atoms with Gasteiger partial charge in [-0.1, -0.05) is 26.3 Å². The average Bonchev–Trinajstić information content (AvgIpc) is 2.72. The highest BCUT2D eigenvalue weighted by Crippen LogP contribution is 2.38. The third-order valence-corrected chi connectivity index (χ3v) is 4.22. The average molecular weight is 267 g/mol. The lowest BCUT2D eigenvalue weighted by atomic mass is 9.76. The Morgan fingerprint density at radius 3 is 2.32 bits per heavy atom. The largest absolute Gasteiger partial charge is 0.481 e. The molecule has 1 amide bonds. The van der Waals surface area contributed by atoms with Gasteiger partial charge in [-0.25, -0.2) is 0 Å². The van der Waals surface area contributed by atoms with Crippen molar-refractivity contribution in [3.63, 3.8) is 0 Å². The van der Waals surface area contributed by atoms with Gasteiger partial charge in [-0.15, -0.1) is 6.58 Å². The quantitative estimate of drug-likeness (QED) is 0.779. The summed E-state index contributed by atoms with van der Waals surface area (Å²) in [5.74, 6) is -0.828. The molecule has 0 aromatic heterocycles. The van der Waals surface area contributed by atoms with E-state index in [1.807, 2.05) is 27.7 Å². The van der Waals surface area contributed by atoms with Crippen LogP contribution in [0.5, 0.6) is 0 Å². The summed E-state index contributed by atoms with van der Waals surface area (Å²) in [6.07, 6.45) is 1.21. The molecular weight excluding hydrogens is 242 g/mol. The van der Waals surface area contributed by atoms with Crippen molar-refractivity contribution in [2.75, 3.05) is 13.1 Å². The van der Waals surface area contributed by atoms with Gasteiger partial charge >= 0.3 is 5.97 Å². The number of amides is 1. The zero-order chi connectivity index (χ0) is 14.8. The molecule has 4 nitrogen and oxygen atoms in total. The molecule has 0 aromatic carbocycles. The molecule has 1 N–H and O–H groups in total. The Morgan fingerprint density at radius 1 is 1.37 bits per heavy atom. The van der Waals surface area contributed by atoms with Gasteiger partial charge in [0, 0.05) is 19.0 Å². The number of rotatable bonds is 5. The minimum absolute atomic E-state index is 0.0271. The van der Waals surface area contributed by atoms with Gasteiger partial charge in [-0.2, -0.15) is 0 Å². The number of carbonyl (C=O) groups excluding carboxylic acids is 1. The van der Waals surface area contributed by atoms with Gasteiger partial charge in [-0.05, 0) is 25.7 Å². The third kappa shape index (κ3) is 3.17. The number of carboxylic acids is 1. The molecule has 108 valence electrons. The van der Waals surface area contributed by atoms with Crippen LogP contribution in [0.3, 0.4) is 0 Å². The fraction of sp³-hybridized carbons (Fsp3) is 0.733. The molecule has 0 aromatic rings. The van der Waals surface area contributed by atoms with E-state index in [0.717, 1.165) is 5.57 Å². The van der Waals surface area contributed by atoms with Crippen molar-refractivity contribution >= 4 is 11.9 Å². The third-order valence-electron chi connectivity index (χ3n) is 4.22. The van der Waals surface area contributed by atoms with Gasteiger partial charge in [0.25, 0.3) is 0 Å². The molecule has 1 rings (SSSR count). The molecule has 0 saturated carbocycles. The summed E-state index contributed by atoms with van der Waals surface area (Å²) >= 11 is 0. The lowest BCUT2D eigenvalue weighted by molar-refractivity contribution is -0.151. The fourth-order valence-corrected chi connectivity index (χ4v) is 2.84. The predicted octanol–water partition coefficient (Wildman–Crippen LogP) is 2.55. The number of hydrogen-bond acceptors (Lipinski definition) is 2. The van der Waals surface area contributed by atoms with Crippen LogP contribution >= 0.6 is 0 Å². The van der Waals surface area contributed by atoms with E-state index in [2.05, 4.69) is 6.58 Å². The zero-order valence-corrected chi connectivity index (χ0v) is 12.4. The molecule has 1 aliphatic rings. The van der Waals surface area contributed by atoms with E-state index in [-0.39, 0.29) is 17.7 Å². The van der Waals surface area contributed by atoms with Crippen molar-refractivity contribution in [2.45, 2.75) is 40.5 Å². The maximum Gasteiger partial charge on any atom is 0.311 e. The van der Waals surface area contributed by atoms with E-state index in [0.29, 0.717) is 25.9 Å². The number of nitrogens with zero attached hydrogens (tertiary/aromatic N) is 1. The minimum atomic E-state index is -0.787. The van der Waals surface area contributed by atoms with Gasteiger partial charge < -0.3 is 10.0 Å². The lowest BCUT2D eigenvalue weighted by Crippen LogP contribution is -2.41. The number of aliphatic carboxylic acids is 1. The molecule has 2 unspecified atom stereocenters. The van der Waals surface area contributed by atoms with Crippen molar-refractivity contribution in [1.82, 2.24) is 4.90 Å². The normalized spacial score (nSPS) is 24.6. The van der Waals surface area contributed by atoms with Crippen LogP contribution in [0, 0.1) is 17.3 Å². The number of allylic oxidation sites excluding steroid dienone is 1. The van der Waals surface area contributed by atoms with Crippen LogP contribution in [0.25, 0.3) is 0 Å². The first-order valence-electron chi connectivity index (χ1n) is 6.87. The van der Waals surface area contributed by atoms with E-state index in [1.165, 1.54) is 0 Å². The summed E-state index contributed by atoms with van der Waals surface area (Å²) in [4.78, 5) is 25.5. The van der Waals surface area contributed by atoms with E-state index in [1.54, 1.807) is 4.90 Å². The fourth-order valence-electron chi connectivity index (χ4n) is 2.84. The smallest absolute Gasteiger partial charge is 0.311 e. The zero-order valence-electron chi connectivity index (χ0n) is 12.4. The molecule has 19 heavy (non-hydrogen) atoms. The Morgan fingerprint density at radius 2 is 1.95 bits per heavy atom. The van der Waals surface area contributed by atoms with Crippen LogP contribution in [0.1, 0.15) is 40.5 Å². The summed E-state index contributed by atoms with van der Waals surface area (Å²) in [5, 5.41) is 9.47. The highest BCUT2D eigenvalue weighted by atomic mass is 16.4. The number of carboxylic acid groups (broad SMARTS) is 1. The molecule has 0 bridgehead atoms. The van der Waals surface area contributed by atoms with Gasteiger partial charge in [0.1, 0.15) is 0 Å². The summed E-state index contributed by atoms with van der Waals surface area (Å²) in [6, 6.07) is 0. The van der Waals surface area contributed by atoms with E-state index >= 15 is 0 Å². The Balaban J connectivity index is 2.77. The molecule has 0 spiro atoms. The Bertz CT molecular complexity index is 389. The first-order valence-corrected chi connectivity index (χ1v) is 6.87. The second kappa shape index (κ2) is 5.76. The summed E-state index contributed by atoms with van der Waals surface area (Å²) in [5.41, 5.74) is 0.201. The Labute approximate surface area is 115 Å². The van der Waals surface area contributed by atoms with Crippen molar-refractivity contribution in [3.05, 3.63) is 12.2 Å². The number of likely N-dealkylation sites (tertiary alicyclic amines) is 1. The minimum Gasteiger partial charge on any atom is -0.481 e. The van der Waals surface area contributed by atoms with Crippen molar-refractivity contribution in [1.29, 1.82) is 0 Å². The molecule has 1 aliphatic heterocycles.